The molecule has 1 heterocycles. The Bertz CT molecular complexity index is 816. The van der Waals surface area contributed by atoms with Crippen molar-refractivity contribution in [3.8, 4) is 11.3 Å². The van der Waals surface area contributed by atoms with Gasteiger partial charge in [0.05, 0.1) is 5.69 Å². The van der Waals surface area contributed by atoms with E-state index in [2.05, 4.69) is 10.5 Å². The van der Waals surface area contributed by atoms with Crippen molar-refractivity contribution < 1.29 is 9.32 Å². The third-order valence-corrected chi connectivity index (χ3v) is 3.84. The van der Waals surface area contributed by atoms with Crippen LogP contribution in [0.2, 0.25) is 5.02 Å². The number of nitrogens with two attached hydrogens (primary N) is 1. The molecule has 6 heteroatoms. The molecule has 1 aromatic heterocycles. The summed E-state index contributed by atoms with van der Waals surface area (Å²) < 4.78 is 5.34. The summed E-state index contributed by atoms with van der Waals surface area (Å²) in [5.41, 5.74) is 7.86. The minimum Gasteiger partial charge on any atom is -0.368 e. The van der Waals surface area contributed by atoms with E-state index in [0.29, 0.717) is 23.0 Å². The molecule has 1 amide bonds. The van der Waals surface area contributed by atoms with Crippen LogP contribution in [-0.2, 0) is 11.3 Å². The normalized spacial score (nSPS) is 12.0. The first-order valence-corrected chi connectivity index (χ1v) is 7.80. The molecule has 2 aromatic carbocycles. The first kappa shape index (κ1) is 16.2. The lowest BCUT2D eigenvalue weighted by Crippen LogP contribution is -2.33. The molecular weight excluding hydrogens is 326 g/mol. The van der Waals surface area contributed by atoms with E-state index in [1.54, 1.807) is 12.1 Å². The topological polar surface area (TPSA) is 81.2 Å². The van der Waals surface area contributed by atoms with Gasteiger partial charge in [-0.25, -0.2) is 0 Å². The molecule has 0 bridgehead atoms. The lowest BCUT2D eigenvalue weighted by atomic mass is 10.1. The minimum atomic E-state index is -0.582. The van der Waals surface area contributed by atoms with E-state index in [9.17, 15) is 4.79 Å². The zero-order chi connectivity index (χ0) is 16.9. The molecule has 0 saturated heterocycles. The van der Waals surface area contributed by atoms with Gasteiger partial charge in [-0.3, -0.25) is 10.1 Å². The summed E-state index contributed by atoms with van der Waals surface area (Å²) in [4.78, 5) is 11.7. The van der Waals surface area contributed by atoms with Crippen molar-refractivity contribution in [2.45, 2.75) is 12.6 Å². The van der Waals surface area contributed by atoms with Crippen LogP contribution in [0.1, 0.15) is 17.3 Å². The van der Waals surface area contributed by atoms with E-state index in [1.807, 2.05) is 48.5 Å². The lowest BCUT2D eigenvalue weighted by molar-refractivity contribution is -0.120. The first-order valence-electron chi connectivity index (χ1n) is 7.42. The summed E-state index contributed by atoms with van der Waals surface area (Å²) in [5, 5.41) is 7.78. The Balaban J connectivity index is 1.70. The predicted molar refractivity (Wildman–Crippen MR) is 92.2 cm³/mol. The van der Waals surface area contributed by atoms with E-state index >= 15 is 0 Å². The van der Waals surface area contributed by atoms with E-state index in [1.165, 1.54) is 0 Å². The molecule has 0 aliphatic carbocycles. The second-order valence-corrected chi connectivity index (χ2v) is 5.75. The van der Waals surface area contributed by atoms with Gasteiger partial charge in [-0.05, 0) is 29.8 Å². The van der Waals surface area contributed by atoms with Gasteiger partial charge in [0.15, 0.2) is 5.76 Å². The molecule has 3 aromatic rings. The fraction of sp³-hybridized carbons (Fsp3) is 0.111. The largest absolute Gasteiger partial charge is 0.368 e. The minimum absolute atomic E-state index is 0.361. The highest BCUT2D eigenvalue weighted by Crippen LogP contribution is 2.22. The molecule has 3 N–H and O–H groups in total. The first-order chi connectivity index (χ1) is 11.6. The fourth-order valence-electron chi connectivity index (χ4n) is 2.38. The number of nitrogens with zero attached hydrogens (tertiary/aromatic N) is 1. The molecule has 1 atom stereocenters. The number of benzene rings is 2. The number of aromatic nitrogens is 1. The van der Waals surface area contributed by atoms with Crippen molar-refractivity contribution in [3.05, 3.63) is 76.9 Å². The predicted octanol–water partition coefficient (Wildman–Crippen LogP) is 3.31. The standard InChI is InChI=1S/C18H16ClN3O2/c19-14-8-6-12(7-9-14)16-10-15(22-24-16)11-21-17(18(20)23)13-4-2-1-3-5-13/h1-10,17,21H,11H2,(H2,20,23)/t17-/m0/s1. The van der Waals surface area contributed by atoms with Crippen LogP contribution in [0, 0.1) is 0 Å². The van der Waals surface area contributed by atoms with E-state index < -0.39 is 11.9 Å². The number of amides is 1. The van der Waals surface area contributed by atoms with Crippen molar-refractivity contribution in [2.75, 3.05) is 0 Å². The molecule has 5 nitrogen and oxygen atoms in total. The Morgan fingerprint density at radius 1 is 1.17 bits per heavy atom. The monoisotopic (exact) mass is 341 g/mol. The van der Waals surface area contributed by atoms with Crippen LogP contribution in [0.15, 0.2) is 65.2 Å². The molecule has 0 saturated carbocycles. The summed E-state index contributed by atoms with van der Waals surface area (Å²) in [6.07, 6.45) is 0. The molecule has 0 unspecified atom stereocenters. The van der Waals surface area contributed by atoms with Gasteiger partial charge in [-0.15, -0.1) is 0 Å². The van der Waals surface area contributed by atoms with Crippen molar-refractivity contribution in [1.82, 2.24) is 10.5 Å². The molecule has 0 fully saturated rings. The molecule has 122 valence electrons. The van der Waals surface area contributed by atoms with E-state index in [0.717, 1.165) is 11.1 Å². The van der Waals surface area contributed by atoms with Crippen LogP contribution in [0.25, 0.3) is 11.3 Å². The average Bonchev–Trinajstić information content (AvgIpc) is 3.05. The second-order valence-electron chi connectivity index (χ2n) is 5.32. The van der Waals surface area contributed by atoms with Crippen LogP contribution >= 0.6 is 11.6 Å². The molecular formula is C18H16ClN3O2. The number of hydrogen-bond acceptors (Lipinski definition) is 4. The Morgan fingerprint density at radius 2 is 1.88 bits per heavy atom. The van der Waals surface area contributed by atoms with E-state index in [-0.39, 0.29) is 0 Å². The summed E-state index contributed by atoms with van der Waals surface area (Å²) in [7, 11) is 0. The molecule has 0 aliphatic heterocycles. The number of hydrogen-bond donors (Lipinski definition) is 2. The summed E-state index contributed by atoms with van der Waals surface area (Å²) in [6, 6.07) is 17.8. The van der Waals surface area contributed by atoms with E-state index in [4.69, 9.17) is 21.9 Å². The number of halogens is 1. The smallest absolute Gasteiger partial charge is 0.239 e. The Kier molecular flexibility index (Phi) is 4.93. The Hall–Kier alpha value is -2.63. The van der Waals surface area contributed by atoms with Crippen LogP contribution in [0.3, 0.4) is 0 Å². The summed E-state index contributed by atoms with van der Waals surface area (Å²) >= 11 is 5.88. The van der Waals surface area contributed by atoms with Crippen molar-refractivity contribution in [1.29, 1.82) is 0 Å². The number of carbonyl (C=O) groups excluding carboxylic acids is 1. The van der Waals surface area contributed by atoms with Crippen LogP contribution < -0.4 is 11.1 Å². The number of rotatable bonds is 6. The number of carbonyl (C=O) groups is 1. The molecule has 0 spiro atoms. The average molecular weight is 342 g/mol. The molecule has 0 aliphatic rings. The highest BCUT2D eigenvalue weighted by molar-refractivity contribution is 6.30. The van der Waals surface area contributed by atoms with Crippen LogP contribution in [0.5, 0.6) is 0 Å². The van der Waals surface area contributed by atoms with Gasteiger partial charge in [0.2, 0.25) is 5.91 Å². The summed E-state index contributed by atoms with van der Waals surface area (Å²) in [6.45, 7) is 0.361. The number of nitrogens with one attached hydrogen (secondary N) is 1. The van der Waals surface area contributed by atoms with Gasteiger partial charge in [0.25, 0.3) is 0 Å². The molecule has 24 heavy (non-hydrogen) atoms. The van der Waals surface area contributed by atoms with Crippen LogP contribution in [-0.4, -0.2) is 11.1 Å². The molecule has 3 rings (SSSR count). The van der Waals surface area contributed by atoms with Crippen LogP contribution in [0.4, 0.5) is 0 Å². The zero-order valence-electron chi connectivity index (χ0n) is 12.8. The summed E-state index contributed by atoms with van der Waals surface area (Å²) in [5.74, 6) is 0.196. The van der Waals surface area contributed by atoms with Gasteiger partial charge in [0, 0.05) is 23.2 Å². The Labute approximate surface area is 144 Å². The van der Waals surface area contributed by atoms with Crippen molar-refractivity contribution >= 4 is 17.5 Å². The zero-order valence-corrected chi connectivity index (χ0v) is 13.5. The Morgan fingerprint density at radius 3 is 2.54 bits per heavy atom. The quantitative estimate of drug-likeness (QED) is 0.720. The number of primary amides is 1. The maximum atomic E-state index is 11.7. The highest BCUT2D eigenvalue weighted by Gasteiger charge is 2.17. The van der Waals surface area contributed by atoms with Gasteiger partial charge < -0.3 is 10.3 Å². The molecule has 0 radical (unpaired) electrons. The fourth-order valence-corrected chi connectivity index (χ4v) is 2.51. The second kappa shape index (κ2) is 7.29. The maximum Gasteiger partial charge on any atom is 0.239 e. The van der Waals surface area contributed by atoms with Gasteiger partial charge in [-0.2, -0.15) is 0 Å². The van der Waals surface area contributed by atoms with Crippen molar-refractivity contribution in [3.63, 3.8) is 0 Å². The SMILES string of the molecule is NC(=O)[C@@H](NCc1cc(-c2ccc(Cl)cc2)on1)c1ccccc1. The highest BCUT2D eigenvalue weighted by atomic mass is 35.5. The third-order valence-electron chi connectivity index (χ3n) is 3.59. The van der Waals surface area contributed by atoms with Gasteiger partial charge in [-0.1, -0.05) is 47.1 Å². The third kappa shape index (κ3) is 3.82. The maximum absolute atomic E-state index is 11.7. The van der Waals surface area contributed by atoms with Gasteiger partial charge in [0.1, 0.15) is 6.04 Å². The van der Waals surface area contributed by atoms with Crippen molar-refractivity contribution in [2.24, 2.45) is 5.73 Å². The van der Waals surface area contributed by atoms with Gasteiger partial charge >= 0.3 is 0 Å². The lowest BCUT2D eigenvalue weighted by Gasteiger charge is -2.14.